The van der Waals surface area contributed by atoms with Crippen LogP contribution in [0.15, 0.2) is 0 Å². The van der Waals surface area contributed by atoms with Crippen LogP contribution >= 0.6 is 0 Å². The van der Waals surface area contributed by atoms with Gasteiger partial charge in [-0.1, -0.05) is 33.1 Å². The molecule has 72 valence electrons. The van der Waals surface area contributed by atoms with E-state index in [4.69, 9.17) is 4.74 Å². The summed E-state index contributed by atoms with van der Waals surface area (Å²) >= 11 is 0. The minimum Gasteiger partial charge on any atom is -0.465 e. The number of carbonyl (C=O) groups excluding carboxylic acids is 1. The molecule has 0 fully saturated rings. The lowest BCUT2D eigenvalue weighted by Crippen LogP contribution is -2.10. The van der Waals surface area contributed by atoms with Gasteiger partial charge < -0.3 is 4.74 Å². The van der Waals surface area contributed by atoms with Crippen molar-refractivity contribution in [3.05, 3.63) is 0 Å². The summed E-state index contributed by atoms with van der Waals surface area (Å²) in [4.78, 5) is 10.0. The van der Waals surface area contributed by atoms with Gasteiger partial charge in [-0.15, -0.1) is 0 Å². The molecule has 0 aliphatic carbocycles. The van der Waals surface area contributed by atoms with E-state index in [9.17, 15) is 4.79 Å². The first-order chi connectivity index (χ1) is 5.85. The van der Waals surface area contributed by atoms with Crippen LogP contribution in [-0.2, 0) is 9.53 Å². The standard InChI is InChI=1S/C10H20O2/c1-3-5-6-7-8-10(4-2)12-9-11/h9-10H,3-8H2,1-2H3. The van der Waals surface area contributed by atoms with Crippen LogP contribution in [0.4, 0.5) is 0 Å². The fraction of sp³-hybridized carbons (Fsp3) is 0.900. The Balaban J connectivity index is 3.25. The summed E-state index contributed by atoms with van der Waals surface area (Å²) in [5.41, 5.74) is 0. The quantitative estimate of drug-likeness (QED) is 0.415. The van der Waals surface area contributed by atoms with Crippen LogP contribution in [0.25, 0.3) is 0 Å². The molecular weight excluding hydrogens is 152 g/mol. The van der Waals surface area contributed by atoms with Gasteiger partial charge in [0.2, 0.25) is 0 Å². The first-order valence-corrected chi connectivity index (χ1v) is 4.94. The molecule has 1 atom stereocenters. The fourth-order valence-corrected chi connectivity index (χ4v) is 1.25. The van der Waals surface area contributed by atoms with Crippen molar-refractivity contribution in [1.82, 2.24) is 0 Å². The summed E-state index contributed by atoms with van der Waals surface area (Å²) in [6, 6.07) is 0. The highest BCUT2D eigenvalue weighted by Crippen LogP contribution is 2.09. The maximum atomic E-state index is 10.0. The van der Waals surface area contributed by atoms with E-state index in [-0.39, 0.29) is 6.10 Å². The predicted molar refractivity (Wildman–Crippen MR) is 50.0 cm³/mol. The molecule has 0 aliphatic heterocycles. The Bertz CT molecular complexity index is 102. The van der Waals surface area contributed by atoms with E-state index in [0.717, 1.165) is 12.8 Å². The molecule has 0 aliphatic rings. The zero-order valence-corrected chi connectivity index (χ0v) is 8.21. The van der Waals surface area contributed by atoms with Gasteiger partial charge in [0, 0.05) is 0 Å². The van der Waals surface area contributed by atoms with Crippen molar-refractivity contribution in [3.8, 4) is 0 Å². The monoisotopic (exact) mass is 172 g/mol. The normalized spacial score (nSPS) is 12.5. The Labute approximate surface area is 75.3 Å². The highest BCUT2D eigenvalue weighted by molar-refractivity contribution is 5.37. The van der Waals surface area contributed by atoms with Crippen molar-refractivity contribution in [2.45, 2.75) is 58.5 Å². The number of carbonyl (C=O) groups is 1. The van der Waals surface area contributed by atoms with Crippen molar-refractivity contribution >= 4 is 6.47 Å². The SMILES string of the molecule is CCCCCCC(CC)OC=O. The van der Waals surface area contributed by atoms with Crippen molar-refractivity contribution in [1.29, 1.82) is 0 Å². The zero-order valence-electron chi connectivity index (χ0n) is 8.21. The average Bonchev–Trinajstić information content (AvgIpc) is 2.10. The second-order valence-electron chi connectivity index (χ2n) is 3.11. The molecule has 0 aromatic rings. The number of hydrogen-bond donors (Lipinski definition) is 0. The molecule has 0 radical (unpaired) electrons. The highest BCUT2D eigenvalue weighted by atomic mass is 16.5. The molecule has 0 aromatic heterocycles. The van der Waals surface area contributed by atoms with E-state index in [1.165, 1.54) is 25.7 Å². The summed E-state index contributed by atoms with van der Waals surface area (Å²) in [5.74, 6) is 0. The Morgan fingerprint density at radius 3 is 2.50 bits per heavy atom. The van der Waals surface area contributed by atoms with E-state index < -0.39 is 0 Å². The first kappa shape index (κ1) is 11.5. The Morgan fingerprint density at radius 2 is 2.00 bits per heavy atom. The van der Waals surface area contributed by atoms with E-state index in [0.29, 0.717) is 6.47 Å². The molecule has 2 heteroatoms. The van der Waals surface area contributed by atoms with Crippen LogP contribution in [0.3, 0.4) is 0 Å². The Hall–Kier alpha value is -0.530. The zero-order chi connectivity index (χ0) is 9.23. The van der Waals surface area contributed by atoms with Crippen molar-refractivity contribution in [2.24, 2.45) is 0 Å². The molecular formula is C10H20O2. The second-order valence-corrected chi connectivity index (χ2v) is 3.11. The van der Waals surface area contributed by atoms with Gasteiger partial charge in [-0.25, -0.2) is 0 Å². The number of ether oxygens (including phenoxy) is 1. The molecule has 0 saturated carbocycles. The molecule has 0 N–H and O–H groups in total. The van der Waals surface area contributed by atoms with Gasteiger partial charge in [-0.2, -0.15) is 0 Å². The Kier molecular flexibility index (Phi) is 8.19. The van der Waals surface area contributed by atoms with Crippen molar-refractivity contribution in [3.63, 3.8) is 0 Å². The maximum Gasteiger partial charge on any atom is 0.293 e. The van der Waals surface area contributed by atoms with Gasteiger partial charge in [0.05, 0.1) is 0 Å². The van der Waals surface area contributed by atoms with Crippen LogP contribution in [0.2, 0.25) is 0 Å². The molecule has 0 heterocycles. The van der Waals surface area contributed by atoms with Gasteiger partial charge >= 0.3 is 0 Å². The van der Waals surface area contributed by atoms with E-state index >= 15 is 0 Å². The lowest BCUT2D eigenvalue weighted by Gasteiger charge is -2.11. The van der Waals surface area contributed by atoms with E-state index in [2.05, 4.69) is 6.92 Å². The summed E-state index contributed by atoms with van der Waals surface area (Å²) < 4.78 is 4.89. The van der Waals surface area contributed by atoms with Crippen molar-refractivity contribution < 1.29 is 9.53 Å². The predicted octanol–water partition coefficient (Wildman–Crippen LogP) is 2.91. The third-order valence-electron chi connectivity index (χ3n) is 2.08. The van der Waals surface area contributed by atoms with Gasteiger partial charge in [-0.05, 0) is 19.3 Å². The third kappa shape index (κ3) is 6.20. The lowest BCUT2D eigenvalue weighted by molar-refractivity contribution is -0.134. The van der Waals surface area contributed by atoms with Crippen LogP contribution in [0.1, 0.15) is 52.4 Å². The number of hydrogen-bond acceptors (Lipinski definition) is 2. The van der Waals surface area contributed by atoms with Crippen LogP contribution < -0.4 is 0 Å². The van der Waals surface area contributed by atoms with E-state index in [1.807, 2.05) is 6.92 Å². The lowest BCUT2D eigenvalue weighted by atomic mass is 10.1. The molecule has 0 aromatic carbocycles. The largest absolute Gasteiger partial charge is 0.465 e. The van der Waals surface area contributed by atoms with Gasteiger partial charge in [0.1, 0.15) is 6.10 Å². The maximum absolute atomic E-state index is 10.0. The third-order valence-corrected chi connectivity index (χ3v) is 2.08. The van der Waals surface area contributed by atoms with Crippen LogP contribution in [0, 0.1) is 0 Å². The number of unbranched alkanes of at least 4 members (excludes halogenated alkanes) is 3. The molecule has 0 rings (SSSR count). The minimum atomic E-state index is 0.152. The molecule has 12 heavy (non-hydrogen) atoms. The summed E-state index contributed by atoms with van der Waals surface area (Å²) in [6.07, 6.45) is 7.10. The van der Waals surface area contributed by atoms with Crippen molar-refractivity contribution in [2.75, 3.05) is 0 Å². The smallest absolute Gasteiger partial charge is 0.293 e. The molecule has 1 unspecified atom stereocenters. The molecule has 0 amide bonds. The molecule has 2 nitrogen and oxygen atoms in total. The molecule has 0 bridgehead atoms. The number of rotatable bonds is 8. The fourth-order valence-electron chi connectivity index (χ4n) is 1.25. The van der Waals surface area contributed by atoms with Gasteiger partial charge in [0.25, 0.3) is 6.47 Å². The van der Waals surface area contributed by atoms with Gasteiger partial charge in [-0.3, -0.25) is 4.79 Å². The first-order valence-electron chi connectivity index (χ1n) is 4.94. The summed E-state index contributed by atoms with van der Waals surface area (Å²) in [5, 5.41) is 0. The molecule has 0 saturated heterocycles. The van der Waals surface area contributed by atoms with E-state index in [1.54, 1.807) is 0 Å². The molecule has 0 spiro atoms. The van der Waals surface area contributed by atoms with Crippen LogP contribution in [0.5, 0.6) is 0 Å². The summed E-state index contributed by atoms with van der Waals surface area (Å²) in [6.45, 7) is 4.81. The topological polar surface area (TPSA) is 26.3 Å². The second kappa shape index (κ2) is 8.57. The van der Waals surface area contributed by atoms with Gasteiger partial charge in [0.15, 0.2) is 0 Å². The Morgan fingerprint density at radius 1 is 1.25 bits per heavy atom. The minimum absolute atomic E-state index is 0.152. The summed E-state index contributed by atoms with van der Waals surface area (Å²) in [7, 11) is 0. The van der Waals surface area contributed by atoms with Crippen LogP contribution in [-0.4, -0.2) is 12.6 Å². The highest BCUT2D eigenvalue weighted by Gasteiger charge is 2.04. The average molecular weight is 172 g/mol.